The number of nitrogens with one attached hydrogen (secondary N) is 1. The number of thioether (sulfide) groups is 1. The summed E-state index contributed by atoms with van der Waals surface area (Å²) in [5.41, 5.74) is 4.03. The van der Waals surface area contributed by atoms with Gasteiger partial charge in [-0.05, 0) is 18.4 Å². The van der Waals surface area contributed by atoms with Crippen molar-refractivity contribution in [3.63, 3.8) is 0 Å². The SMILES string of the molecule is CSCC[C@@H](N)C(=O)Nc1c(F)cc(F)cc1[N+](=O)[O-]. The van der Waals surface area contributed by atoms with Gasteiger partial charge in [-0.3, -0.25) is 14.9 Å². The van der Waals surface area contributed by atoms with Crippen molar-refractivity contribution in [3.8, 4) is 0 Å². The molecule has 110 valence electrons. The second kappa shape index (κ2) is 7.15. The van der Waals surface area contributed by atoms with Gasteiger partial charge in [0.1, 0.15) is 5.82 Å². The van der Waals surface area contributed by atoms with Gasteiger partial charge >= 0.3 is 0 Å². The predicted octanol–water partition coefficient (Wildman–Crippen LogP) is 1.89. The zero-order valence-corrected chi connectivity index (χ0v) is 11.4. The molecule has 0 saturated heterocycles. The van der Waals surface area contributed by atoms with Crippen LogP contribution in [-0.2, 0) is 4.79 Å². The Bertz CT molecular complexity index is 528. The number of halogens is 2. The summed E-state index contributed by atoms with van der Waals surface area (Å²) in [6.45, 7) is 0. The molecule has 0 radical (unpaired) electrons. The lowest BCUT2D eigenvalue weighted by molar-refractivity contribution is -0.384. The summed E-state index contributed by atoms with van der Waals surface area (Å²) >= 11 is 1.47. The van der Waals surface area contributed by atoms with Crippen LogP contribution in [0.5, 0.6) is 0 Å². The van der Waals surface area contributed by atoms with Crippen LogP contribution in [0.3, 0.4) is 0 Å². The summed E-state index contributed by atoms with van der Waals surface area (Å²) in [5.74, 6) is -2.46. The van der Waals surface area contributed by atoms with Gasteiger partial charge in [-0.15, -0.1) is 0 Å². The Labute approximate surface area is 117 Å². The lowest BCUT2D eigenvalue weighted by Gasteiger charge is -2.12. The van der Waals surface area contributed by atoms with Crippen LogP contribution >= 0.6 is 11.8 Å². The number of nitro benzene ring substituents is 1. The van der Waals surface area contributed by atoms with Crippen molar-refractivity contribution < 1.29 is 18.5 Å². The van der Waals surface area contributed by atoms with Gasteiger partial charge in [-0.2, -0.15) is 11.8 Å². The first kappa shape index (κ1) is 16.3. The third kappa shape index (κ3) is 4.14. The number of carbonyl (C=O) groups is 1. The number of benzene rings is 1. The van der Waals surface area contributed by atoms with Crippen molar-refractivity contribution in [3.05, 3.63) is 33.9 Å². The Balaban J connectivity index is 2.97. The summed E-state index contributed by atoms with van der Waals surface area (Å²) in [5, 5.41) is 12.8. The van der Waals surface area contributed by atoms with Crippen molar-refractivity contribution in [2.45, 2.75) is 12.5 Å². The fraction of sp³-hybridized carbons (Fsp3) is 0.364. The number of carbonyl (C=O) groups excluding carboxylic acids is 1. The van der Waals surface area contributed by atoms with Crippen molar-refractivity contribution >= 4 is 29.0 Å². The van der Waals surface area contributed by atoms with Crippen LogP contribution in [0.15, 0.2) is 12.1 Å². The molecule has 0 bridgehead atoms. The van der Waals surface area contributed by atoms with Gasteiger partial charge in [0.2, 0.25) is 5.91 Å². The number of nitrogens with zero attached hydrogens (tertiary/aromatic N) is 1. The van der Waals surface area contributed by atoms with E-state index in [2.05, 4.69) is 0 Å². The van der Waals surface area contributed by atoms with E-state index in [0.29, 0.717) is 24.3 Å². The molecule has 20 heavy (non-hydrogen) atoms. The molecule has 6 nitrogen and oxygen atoms in total. The lowest BCUT2D eigenvalue weighted by Crippen LogP contribution is -2.36. The molecule has 0 heterocycles. The highest BCUT2D eigenvalue weighted by atomic mass is 32.2. The molecule has 0 saturated carbocycles. The number of anilines is 1. The molecule has 1 atom stereocenters. The molecule has 0 aromatic heterocycles. The third-order valence-electron chi connectivity index (χ3n) is 2.45. The molecule has 0 aliphatic rings. The smallest absolute Gasteiger partial charge is 0.298 e. The number of nitrogens with two attached hydrogens (primary N) is 1. The van der Waals surface area contributed by atoms with E-state index in [4.69, 9.17) is 5.73 Å². The van der Waals surface area contributed by atoms with Crippen LogP contribution in [0.1, 0.15) is 6.42 Å². The van der Waals surface area contributed by atoms with Gasteiger partial charge < -0.3 is 11.1 Å². The summed E-state index contributed by atoms with van der Waals surface area (Å²) in [6, 6.07) is 0.0637. The minimum absolute atomic E-state index is 0.337. The Morgan fingerprint density at radius 3 is 2.75 bits per heavy atom. The predicted molar refractivity (Wildman–Crippen MR) is 72.6 cm³/mol. The molecule has 1 aromatic rings. The van der Waals surface area contributed by atoms with Gasteiger partial charge in [0, 0.05) is 6.07 Å². The van der Waals surface area contributed by atoms with Crippen LogP contribution in [0.25, 0.3) is 0 Å². The second-order valence-corrected chi connectivity index (χ2v) is 4.90. The normalized spacial score (nSPS) is 12.0. The molecule has 0 aliphatic carbocycles. The number of rotatable bonds is 6. The monoisotopic (exact) mass is 305 g/mol. The topological polar surface area (TPSA) is 98.3 Å². The van der Waals surface area contributed by atoms with E-state index in [-0.39, 0.29) is 0 Å². The largest absolute Gasteiger partial charge is 0.320 e. The molecule has 1 aromatic carbocycles. The number of nitro groups is 1. The Morgan fingerprint density at radius 1 is 1.55 bits per heavy atom. The van der Waals surface area contributed by atoms with E-state index in [1.54, 1.807) is 0 Å². The van der Waals surface area contributed by atoms with E-state index in [9.17, 15) is 23.7 Å². The van der Waals surface area contributed by atoms with E-state index in [1.807, 2.05) is 11.6 Å². The third-order valence-corrected chi connectivity index (χ3v) is 3.09. The molecular weight excluding hydrogens is 292 g/mol. The zero-order valence-electron chi connectivity index (χ0n) is 10.6. The average Bonchev–Trinajstić information content (AvgIpc) is 2.38. The molecule has 1 rings (SSSR count). The average molecular weight is 305 g/mol. The summed E-state index contributed by atoms with van der Waals surface area (Å²) in [7, 11) is 0. The van der Waals surface area contributed by atoms with Crippen LogP contribution in [-0.4, -0.2) is 28.9 Å². The first-order valence-electron chi connectivity index (χ1n) is 5.55. The molecule has 9 heteroatoms. The molecule has 0 aliphatic heterocycles. The molecule has 0 unspecified atom stereocenters. The molecular formula is C11H13F2N3O3S. The highest BCUT2D eigenvalue weighted by molar-refractivity contribution is 7.98. The molecule has 3 N–H and O–H groups in total. The van der Waals surface area contributed by atoms with Crippen LogP contribution in [0, 0.1) is 21.7 Å². The summed E-state index contributed by atoms with van der Waals surface area (Å²) in [6.07, 6.45) is 2.17. The fourth-order valence-corrected chi connectivity index (χ4v) is 1.91. The minimum Gasteiger partial charge on any atom is -0.320 e. The van der Waals surface area contributed by atoms with Crippen LogP contribution < -0.4 is 11.1 Å². The maximum Gasteiger partial charge on any atom is 0.298 e. The van der Waals surface area contributed by atoms with Crippen molar-refractivity contribution in [1.29, 1.82) is 0 Å². The van der Waals surface area contributed by atoms with Crippen LogP contribution in [0.4, 0.5) is 20.2 Å². The quantitative estimate of drug-likeness (QED) is 0.618. The maximum absolute atomic E-state index is 13.5. The van der Waals surface area contributed by atoms with E-state index in [1.165, 1.54) is 11.8 Å². The number of hydrogen-bond donors (Lipinski definition) is 2. The van der Waals surface area contributed by atoms with Gasteiger partial charge in [0.05, 0.1) is 17.0 Å². The van der Waals surface area contributed by atoms with Gasteiger partial charge in [-0.1, -0.05) is 0 Å². The Morgan fingerprint density at radius 2 is 2.20 bits per heavy atom. The first-order valence-corrected chi connectivity index (χ1v) is 6.95. The maximum atomic E-state index is 13.5. The van der Waals surface area contributed by atoms with E-state index in [0.717, 1.165) is 0 Å². The van der Waals surface area contributed by atoms with Crippen molar-refractivity contribution in [2.75, 3.05) is 17.3 Å². The van der Waals surface area contributed by atoms with Crippen LogP contribution in [0.2, 0.25) is 0 Å². The Kier molecular flexibility index (Phi) is 5.83. The van der Waals surface area contributed by atoms with Gasteiger partial charge in [0.25, 0.3) is 5.69 Å². The molecule has 1 amide bonds. The number of hydrogen-bond acceptors (Lipinski definition) is 5. The molecule has 0 spiro atoms. The van der Waals surface area contributed by atoms with Gasteiger partial charge in [0.15, 0.2) is 11.5 Å². The lowest BCUT2D eigenvalue weighted by atomic mass is 10.2. The highest BCUT2D eigenvalue weighted by Crippen LogP contribution is 2.28. The standard InChI is InChI=1S/C11H13F2N3O3S/c1-20-3-2-8(14)11(17)15-10-7(13)4-6(12)5-9(10)16(18)19/h4-5,8H,2-3,14H2,1H3,(H,15,17)/t8-/m1/s1. The highest BCUT2D eigenvalue weighted by Gasteiger charge is 2.24. The minimum atomic E-state index is -1.22. The van der Waals surface area contributed by atoms with Crippen molar-refractivity contribution in [1.82, 2.24) is 0 Å². The molecule has 0 fully saturated rings. The summed E-state index contributed by atoms with van der Waals surface area (Å²) in [4.78, 5) is 21.5. The first-order chi connectivity index (χ1) is 9.36. The second-order valence-electron chi connectivity index (χ2n) is 3.92. The number of amides is 1. The van der Waals surface area contributed by atoms with Crippen molar-refractivity contribution in [2.24, 2.45) is 5.73 Å². The zero-order chi connectivity index (χ0) is 15.3. The summed E-state index contributed by atoms with van der Waals surface area (Å²) < 4.78 is 26.5. The van der Waals surface area contributed by atoms with Gasteiger partial charge in [-0.25, -0.2) is 8.78 Å². The van der Waals surface area contributed by atoms with E-state index >= 15 is 0 Å². The fourth-order valence-electron chi connectivity index (χ4n) is 1.42. The van der Waals surface area contributed by atoms with E-state index < -0.39 is 39.9 Å². The Hall–Kier alpha value is -1.74.